The van der Waals surface area contributed by atoms with Crippen LogP contribution in [0.25, 0.3) is 0 Å². The van der Waals surface area contributed by atoms with Crippen LogP contribution in [0.2, 0.25) is 10.0 Å². The van der Waals surface area contributed by atoms with Gasteiger partial charge in [-0.2, -0.15) is 0 Å². The van der Waals surface area contributed by atoms with Gasteiger partial charge in [0.05, 0.1) is 0 Å². The summed E-state index contributed by atoms with van der Waals surface area (Å²) in [6.07, 6.45) is 0. The standard InChI is InChI=1S/C7H6Cl2N2S/c8-5-1-4(7(12)11-10)2-6(9)3-5/h1-3H,10H2,(H,11,12). The Hall–Kier alpha value is -0.350. The lowest BCUT2D eigenvalue weighted by molar-refractivity contribution is 1.05. The lowest BCUT2D eigenvalue weighted by Crippen LogP contribution is -2.28. The molecule has 0 amide bonds. The average Bonchev–Trinajstić information content (AvgIpc) is 2.01. The van der Waals surface area contributed by atoms with Crippen molar-refractivity contribution in [2.75, 3.05) is 0 Å². The van der Waals surface area contributed by atoms with Crippen LogP contribution in [-0.4, -0.2) is 4.99 Å². The number of halogens is 2. The van der Waals surface area contributed by atoms with Crippen LogP contribution in [0.4, 0.5) is 0 Å². The molecular formula is C7H6Cl2N2S. The zero-order valence-corrected chi connectivity index (χ0v) is 8.30. The van der Waals surface area contributed by atoms with Gasteiger partial charge in [0.1, 0.15) is 4.99 Å². The van der Waals surface area contributed by atoms with Crippen molar-refractivity contribution in [2.45, 2.75) is 0 Å². The Morgan fingerprint density at radius 3 is 2.17 bits per heavy atom. The second-order valence-electron chi connectivity index (χ2n) is 2.13. The minimum absolute atomic E-state index is 0.416. The van der Waals surface area contributed by atoms with E-state index in [1.165, 1.54) is 0 Å². The molecule has 1 aromatic rings. The summed E-state index contributed by atoms with van der Waals surface area (Å²) in [5, 5.41) is 1.07. The first-order chi connectivity index (χ1) is 5.63. The molecular weight excluding hydrogens is 215 g/mol. The molecule has 0 atom stereocenters. The Balaban J connectivity index is 3.08. The molecule has 0 aliphatic rings. The highest BCUT2D eigenvalue weighted by atomic mass is 35.5. The number of hydrogen-bond donors (Lipinski definition) is 2. The summed E-state index contributed by atoms with van der Waals surface area (Å²) in [5.74, 6) is 5.13. The maximum atomic E-state index is 5.74. The predicted octanol–water partition coefficient (Wildman–Crippen LogP) is 2.13. The zero-order chi connectivity index (χ0) is 9.14. The average molecular weight is 221 g/mol. The maximum Gasteiger partial charge on any atom is 0.120 e. The topological polar surface area (TPSA) is 38.0 Å². The molecule has 0 spiro atoms. The van der Waals surface area contributed by atoms with Crippen molar-refractivity contribution in [2.24, 2.45) is 5.84 Å². The molecule has 1 aromatic carbocycles. The smallest absolute Gasteiger partial charge is 0.120 e. The van der Waals surface area contributed by atoms with E-state index >= 15 is 0 Å². The number of benzene rings is 1. The Labute approximate surface area is 85.6 Å². The fourth-order valence-electron chi connectivity index (χ4n) is 0.768. The second-order valence-corrected chi connectivity index (χ2v) is 3.41. The summed E-state index contributed by atoms with van der Waals surface area (Å²) in [6, 6.07) is 5.01. The fourth-order valence-corrected chi connectivity index (χ4v) is 1.41. The molecule has 0 unspecified atom stereocenters. The van der Waals surface area contributed by atoms with Crippen LogP contribution in [0.3, 0.4) is 0 Å². The van der Waals surface area contributed by atoms with Crippen molar-refractivity contribution in [3.63, 3.8) is 0 Å². The fraction of sp³-hybridized carbons (Fsp3) is 0. The molecule has 3 N–H and O–H groups in total. The lowest BCUT2D eigenvalue weighted by Gasteiger charge is -2.03. The molecule has 0 aliphatic heterocycles. The molecule has 12 heavy (non-hydrogen) atoms. The van der Waals surface area contributed by atoms with Gasteiger partial charge in [-0.05, 0) is 18.2 Å². The summed E-state index contributed by atoms with van der Waals surface area (Å²) in [4.78, 5) is 0.416. The van der Waals surface area contributed by atoms with Gasteiger partial charge in [-0.25, -0.2) is 5.84 Å². The van der Waals surface area contributed by atoms with Gasteiger partial charge >= 0.3 is 0 Å². The SMILES string of the molecule is NNC(=S)c1cc(Cl)cc(Cl)c1. The van der Waals surface area contributed by atoms with E-state index < -0.39 is 0 Å². The van der Waals surface area contributed by atoms with Crippen molar-refractivity contribution in [1.82, 2.24) is 5.43 Å². The number of hydrogen-bond acceptors (Lipinski definition) is 2. The van der Waals surface area contributed by atoms with E-state index in [2.05, 4.69) is 5.43 Å². The van der Waals surface area contributed by atoms with Gasteiger partial charge in [0.25, 0.3) is 0 Å². The van der Waals surface area contributed by atoms with Gasteiger partial charge in [-0.15, -0.1) is 0 Å². The van der Waals surface area contributed by atoms with E-state index in [1.54, 1.807) is 18.2 Å². The number of nitrogens with one attached hydrogen (secondary N) is 1. The highest BCUT2D eigenvalue weighted by Gasteiger charge is 2.01. The monoisotopic (exact) mass is 220 g/mol. The molecule has 0 saturated heterocycles. The number of nitrogens with two attached hydrogens (primary N) is 1. The molecule has 0 saturated carbocycles. The third-order valence-electron chi connectivity index (χ3n) is 1.26. The first-order valence-electron chi connectivity index (χ1n) is 3.10. The van der Waals surface area contributed by atoms with Gasteiger partial charge in [0, 0.05) is 15.6 Å². The van der Waals surface area contributed by atoms with Crippen molar-refractivity contribution < 1.29 is 0 Å². The minimum Gasteiger partial charge on any atom is -0.314 e. The highest BCUT2D eigenvalue weighted by molar-refractivity contribution is 7.80. The van der Waals surface area contributed by atoms with E-state index in [1.807, 2.05) is 0 Å². The Morgan fingerprint density at radius 2 is 1.75 bits per heavy atom. The largest absolute Gasteiger partial charge is 0.314 e. The Morgan fingerprint density at radius 1 is 1.25 bits per heavy atom. The molecule has 0 heterocycles. The quantitative estimate of drug-likeness (QED) is 0.433. The predicted molar refractivity (Wildman–Crippen MR) is 55.5 cm³/mol. The molecule has 1 rings (SSSR count). The summed E-state index contributed by atoms with van der Waals surface area (Å²) in [6.45, 7) is 0. The van der Waals surface area contributed by atoms with E-state index in [-0.39, 0.29) is 0 Å². The van der Waals surface area contributed by atoms with Gasteiger partial charge < -0.3 is 5.43 Å². The lowest BCUT2D eigenvalue weighted by atomic mass is 10.2. The van der Waals surface area contributed by atoms with E-state index in [0.29, 0.717) is 20.6 Å². The van der Waals surface area contributed by atoms with Gasteiger partial charge in [-0.1, -0.05) is 35.4 Å². The number of thiocarbonyl (C=S) groups is 1. The summed E-state index contributed by atoms with van der Waals surface area (Å²) in [7, 11) is 0. The summed E-state index contributed by atoms with van der Waals surface area (Å²) < 4.78 is 0. The van der Waals surface area contributed by atoms with E-state index in [9.17, 15) is 0 Å². The molecule has 2 nitrogen and oxygen atoms in total. The summed E-state index contributed by atoms with van der Waals surface area (Å²) >= 11 is 16.4. The Bertz CT molecular complexity index is 294. The van der Waals surface area contributed by atoms with Crippen LogP contribution in [0, 0.1) is 0 Å². The van der Waals surface area contributed by atoms with Gasteiger partial charge in [0.15, 0.2) is 0 Å². The minimum atomic E-state index is 0.416. The van der Waals surface area contributed by atoms with Gasteiger partial charge in [-0.3, -0.25) is 0 Å². The molecule has 0 bridgehead atoms. The van der Waals surface area contributed by atoms with Crippen molar-refractivity contribution >= 4 is 40.4 Å². The molecule has 0 fully saturated rings. The molecule has 64 valence electrons. The van der Waals surface area contributed by atoms with Crippen LogP contribution >= 0.6 is 35.4 Å². The number of rotatable bonds is 1. The van der Waals surface area contributed by atoms with Crippen LogP contribution in [0.5, 0.6) is 0 Å². The zero-order valence-electron chi connectivity index (χ0n) is 5.97. The highest BCUT2D eigenvalue weighted by Crippen LogP contribution is 2.18. The maximum absolute atomic E-state index is 5.74. The van der Waals surface area contributed by atoms with Crippen molar-refractivity contribution in [1.29, 1.82) is 0 Å². The van der Waals surface area contributed by atoms with Crippen LogP contribution in [0.15, 0.2) is 18.2 Å². The molecule has 0 aliphatic carbocycles. The van der Waals surface area contributed by atoms with E-state index in [4.69, 9.17) is 41.3 Å². The summed E-state index contributed by atoms with van der Waals surface area (Å²) in [5.41, 5.74) is 3.06. The molecule has 0 radical (unpaired) electrons. The van der Waals surface area contributed by atoms with Gasteiger partial charge in [0.2, 0.25) is 0 Å². The van der Waals surface area contributed by atoms with Crippen molar-refractivity contribution in [3.05, 3.63) is 33.8 Å². The third kappa shape index (κ3) is 2.32. The van der Waals surface area contributed by atoms with Crippen molar-refractivity contribution in [3.8, 4) is 0 Å². The van der Waals surface area contributed by atoms with Crippen LogP contribution in [0.1, 0.15) is 5.56 Å². The normalized spacial score (nSPS) is 9.58. The molecule has 0 aromatic heterocycles. The molecule has 5 heteroatoms. The van der Waals surface area contributed by atoms with Crippen LogP contribution in [-0.2, 0) is 0 Å². The van der Waals surface area contributed by atoms with Crippen LogP contribution < -0.4 is 11.3 Å². The van der Waals surface area contributed by atoms with E-state index in [0.717, 1.165) is 0 Å². The third-order valence-corrected chi connectivity index (χ3v) is 2.05. The first kappa shape index (κ1) is 9.74. The second kappa shape index (κ2) is 4.05. The number of hydrazine groups is 1. The first-order valence-corrected chi connectivity index (χ1v) is 4.27. The Kier molecular flexibility index (Phi) is 3.29.